The highest BCUT2D eigenvalue weighted by Gasteiger charge is 2.31. The predicted molar refractivity (Wildman–Crippen MR) is 60.2 cm³/mol. The van der Waals surface area contributed by atoms with E-state index in [1.54, 1.807) is 0 Å². The van der Waals surface area contributed by atoms with Crippen LogP contribution in [-0.2, 0) is 6.54 Å². The first-order valence-corrected chi connectivity index (χ1v) is 5.84. The second-order valence-electron chi connectivity index (χ2n) is 3.61. The fourth-order valence-corrected chi connectivity index (χ4v) is 1.64. The number of hydrogen-bond acceptors (Lipinski definition) is 3. The van der Waals surface area contributed by atoms with E-state index in [1.165, 1.54) is 0 Å². The molecule has 0 unspecified atom stereocenters. The minimum atomic E-state index is -4.53. The highest BCUT2D eigenvalue weighted by atomic mass is 79.9. The molecule has 0 spiro atoms. The lowest BCUT2D eigenvalue weighted by atomic mass is 10.3. The average molecular weight is 358 g/mol. The zero-order chi connectivity index (χ0) is 14.9. The van der Waals surface area contributed by atoms with Crippen molar-refractivity contribution in [3.63, 3.8) is 0 Å². The van der Waals surface area contributed by atoms with Gasteiger partial charge in [-0.15, -0.1) is 5.10 Å². The van der Waals surface area contributed by atoms with Crippen LogP contribution in [0.3, 0.4) is 0 Å². The summed E-state index contributed by atoms with van der Waals surface area (Å²) < 4.78 is 67.9. The Morgan fingerprint density at radius 1 is 1.20 bits per heavy atom. The number of nitrogens with zero attached hydrogens (tertiary/aromatic N) is 3. The first-order valence-electron chi connectivity index (χ1n) is 5.04. The van der Waals surface area contributed by atoms with Crippen molar-refractivity contribution in [1.82, 2.24) is 14.8 Å². The molecule has 1 heterocycles. The maximum Gasteiger partial charge on any atom is 0.408 e. The van der Waals surface area contributed by atoms with Gasteiger partial charge in [0.25, 0.3) is 0 Å². The lowest BCUT2D eigenvalue weighted by molar-refractivity contribution is -0.143. The molecule has 1 aromatic heterocycles. The van der Waals surface area contributed by atoms with Gasteiger partial charge >= 0.3 is 12.2 Å². The molecule has 0 aliphatic heterocycles. The van der Waals surface area contributed by atoms with Crippen LogP contribution in [0, 0.1) is 11.6 Å². The van der Waals surface area contributed by atoms with Crippen LogP contribution in [0.5, 0.6) is 11.8 Å². The summed E-state index contributed by atoms with van der Waals surface area (Å²) in [6.07, 6.45) is -4.53. The van der Waals surface area contributed by atoms with E-state index in [0.717, 1.165) is 12.1 Å². The molecule has 1 aromatic carbocycles. The Balaban J connectivity index is 2.26. The summed E-state index contributed by atoms with van der Waals surface area (Å²) in [5.41, 5.74) is 0. The van der Waals surface area contributed by atoms with Crippen molar-refractivity contribution in [2.75, 3.05) is 0 Å². The largest absolute Gasteiger partial charge is 0.424 e. The van der Waals surface area contributed by atoms with Gasteiger partial charge in [-0.25, -0.2) is 13.5 Å². The lowest BCUT2D eigenvalue weighted by Gasteiger charge is -2.09. The van der Waals surface area contributed by atoms with Gasteiger partial charge in [0.05, 0.1) is 0 Å². The Bertz CT molecular complexity index is 628. The molecular weight excluding hydrogens is 353 g/mol. The van der Waals surface area contributed by atoms with Crippen LogP contribution in [-0.4, -0.2) is 20.9 Å². The van der Waals surface area contributed by atoms with E-state index in [1.807, 2.05) is 0 Å². The predicted octanol–water partition coefficient (Wildman–Crippen LogP) is 3.67. The summed E-state index contributed by atoms with van der Waals surface area (Å²) in [5, 5.41) is 3.44. The Morgan fingerprint density at radius 3 is 2.50 bits per heavy atom. The van der Waals surface area contributed by atoms with Crippen molar-refractivity contribution < 1.29 is 26.7 Å². The average Bonchev–Trinajstić information content (AvgIpc) is 2.62. The van der Waals surface area contributed by atoms with Crippen molar-refractivity contribution in [2.24, 2.45) is 0 Å². The topological polar surface area (TPSA) is 39.9 Å². The number of benzene rings is 1. The van der Waals surface area contributed by atoms with Crippen molar-refractivity contribution in [2.45, 2.75) is 12.7 Å². The molecule has 2 aromatic rings. The van der Waals surface area contributed by atoms with E-state index in [-0.39, 0.29) is 10.5 Å². The summed E-state index contributed by atoms with van der Waals surface area (Å²) in [6.45, 7) is -1.43. The van der Waals surface area contributed by atoms with Crippen LogP contribution in [0.25, 0.3) is 0 Å². The van der Waals surface area contributed by atoms with Crippen LogP contribution < -0.4 is 4.74 Å². The third-order valence-corrected chi connectivity index (χ3v) is 2.38. The van der Waals surface area contributed by atoms with Crippen LogP contribution in [0.15, 0.2) is 22.9 Å². The highest BCUT2D eigenvalue weighted by Crippen LogP contribution is 2.26. The van der Waals surface area contributed by atoms with Crippen LogP contribution >= 0.6 is 15.9 Å². The highest BCUT2D eigenvalue weighted by molar-refractivity contribution is 9.10. The molecule has 0 atom stereocenters. The van der Waals surface area contributed by atoms with Crippen molar-refractivity contribution in [3.8, 4) is 11.8 Å². The number of rotatable bonds is 3. The van der Waals surface area contributed by atoms with Crippen molar-refractivity contribution in [3.05, 3.63) is 34.6 Å². The van der Waals surface area contributed by atoms with Crippen LogP contribution in [0.2, 0.25) is 0 Å². The van der Waals surface area contributed by atoms with Gasteiger partial charge in [0.2, 0.25) is 4.73 Å². The number of halogens is 6. The first-order chi connectivity index (χ1) is 9.24. The quantitative estimate of drug-likeness (QED) is 0.787. The van der Waals surface area contributed by atoms with Gasteiger partial charge in [-0.2, -0.15) is 18.2 Å². The van der Waals surface area contributed by atoms with Crippen molar-refractivity contribution >= 4 is 15.9 Å². The molecule has 10 heteroatoms. The molecule has 0 saturated carbocycles. The van der Waals surface area contributed by atoms with Gasteiger partial charge in [-0.05, 0) is 28.1 Å². The number of alkyl halides is 3. The molecule has 0 bridgehead atoms. The molecule has 0 N–H and O–H groups in total. The zero-order valence-corrected chi connectivity index (χ0v) is 11.0. The van der Waals surface area contributed by atoms with Crippen LogP contribution in [0.4, 0.5) is 22.0 Å². The second-order valence-corrected chi connectivity index (χ2v) is 4.32. The lowest BCUT2D eigenvalue weighted by Crippen LogP contribution is -2.19. The molecule has 0 saturated heterocycles. The smallest absolute Gasteiger partial charge is 0.408 e. The Morgan fingerprint density at radius 2 is 1.90 bits per heavy atom. The Kier molecular flexibility index (Phi) is 3.93. The number of aromatic nitrogens is 3. The fraction of sp³-hybridized carbons (Fsp3) is 0.200. The minimum absolute atomic E-state index is 0.126. The summed E-state index contributed by atoms with van der Waals surface area (Å²) in [4.78, 5) is 3.57. The second kappa shape index (κ2) is 5.35. The molecule has 4 nitrogen and oxygen atoms in total. The SMILES string of the molecule is Fc1ccc(Oc2nc(Br)nn2CC(F)(F)F)cc1F. The monoisotopic (exact) mass is 357 g/mol. The third-order valence-electron chi connectivity index (χ3n) is 2.04. The fourth-order valence-electron chi connectivity index (χ4n) is 1.30. The maximum absolute atomic E-state index is 13.0. The van der Waals surface area contributed by atoms with E-state index in [0.29, 0.717) is 10.7 Å². The Hall–Kier alpha value is -1.71. The molecule has 0 radical (unpaired) electrons. The van der Waals surface area contributed by atoms with Crippen molar-refractivity contribution in [1.29, 1.82) is 0 Å². The molecule has 0 fully saturated rings. The van der Waals surface area contributed by atoms with E-state index < -0.39 is 30.4 Å². The van der Waals surface area contributed by atoms with Gasteiger partial charge in [0.15, 0.2) is 11.6 Å². The molecule has 0 aliphatic carbocycles. The summed E-state index contributed by atoms with van der Waals surface area (Å²) in [7, 11) is 0. The molecule has 20 heavy (non-hydrogen) atoms. The standard InChI is InChI=1S/C10H5BrF5N3O/c11-8-17-9(19(18-8)4-10(14,15)16)20-5-1-2-6(12)7(13)3-5/h1-3H,4H2. The summed E-state index contributed by atoms with van der Waals surface area (Å²) in [6, 6.07) is 2.03. The van der Waals surface area contributed by atoms with Gasteiger partial charge in [-0.1, -0.05) is 0 Å². The molecule has 108 valence electrons. The molecular formula is C10H5BrF5N3O. The van der Waals surface area contributed by atoms with Gasteiger partial charge in [0, 0.05) is 6.07 Å². The molecule has 0 amide bonds. The normalized spacial score (nSPS) is 11.7. The summed E-state index contributed by atoms with van der Waals surface area (Å²) >= 11 is 2.81. The first kappa shape index (κ1) is 14.7. The summed E-state index contributed by atoms with van der Waals surface area (Å²) in [5.74, 6) is -2.49. The van der Waals surface area contributed by atoms with E-state index >= 15 is 0 Å². The molecule has 0 aliphatic rings. The van der Waals surface area contributed by atoms with E-state index in [4.69, 9.17) is 4.74 Å². The number of ether oxygens (including phenoxy) is 1. The Labute approximate surface area is 117 Å². The van der Waals surface area contributed by atoms with Crippen LogP contribution in [0.1, 0.15) is 0 Å². The molecule has 2 rings (SSSR count). The number of hydrogen-bond donors (Lipinski definition) is 0. The minimum Gasteiger partial charge on any atom is -0.424 e. The van der Waals surface area contributed by atoms with Gasteiger partial charge in [-0.3, -0.25) is 0 Å². The zero-order valence-electron chi connectivity index (χ0n) is 9.46. The van der Waals surface area contributed by atoms with E-state index in [2.05, 4.69) is 26.0 Å². The van der Waals surface area contributed by atoms with E-state index in [9.17, 15) is 22.0 Å². The third kappa shape index (κ3) is 3.65. The van der Waals surface area contributed by atoms with Gasteiger partial charge in [0.1, 0.15) is 12.3 Å². The van der Waals surface area contributed by atoms with Gasteiger partial charge < -0.3 is 4.74 Å². The maximum atomic E-state index is 13.0.